The van der Waals surface area contributed by atoms with Gasteiger partial charge in [-0.2, -0.15) is 15.6 Å². The summed E-state index contributed by atoms with van der Waals surface area (Å²) in [7, 11) is 0. The van der Waals surface area contributed by atoms with E-state index in [4.69, 9.17) is 15.3 Å². The minimum Gasteiger partial charge on any atom is -0.454 e. The van der Waals surface area contributed by atoms with Crippen molar-refractivity contribution in [3.8, 4) is 23.6 Å². The fourth-order valence-electron chi connectivity index (χ4n) is 2.03. The van der Waals surface area contributed by atoms with Gasteiger partial charge in [0.2, 0.25) is 5.71 Å². The Labute approximate surface area is 131 Å². The first-order chi connectivity index (χ1) is 11.2. The first-order valence-corrected chi connectivity index (χ1v) is 6.57. The highest BCUT2D eigenvalue weighted by Gasteiger charge is 2.20. The minimum absolute atomic E-state index is 0.312. The molecule has 0 spiro atoms. The summed E-state index contributed by atoms with van der Waals surface area (Å²) in [6.07, 6.45) is 0. The van der Waals surface area contributed by atoms with Crippen LogP contribution in [0.5, 0.6) is 11.5 Å². The van der Waals surface area contributed by atoms with Crippen LogP contribution < -0.4 is 15.5 Å². The molecular formula is C16H9N5O2. The van der Waals surface area contributed by atoms with Crippen molar-refractivity contribution < 1.29 is 9.53 Å². The molecular weight excluding hydrogens is 294 g/mol. The molecule has 23 heavy (non-hydrogen) atoms. The normalized spacial score (nSPS) is 11.3. The van der Waals surface area contributed by atoms with E-state index in [9.17, 15) is 4.79 Å². The molecule has 0 atom stereocenters. The van der Waals surface area contributed by atoms with Gasteiger partial charge in [0.1, 0.15) is 17.9 Å². The Morgan fingerprint density at radius 2 is 1.91 bits per heavy atom. The number of ether oxygens (including phenoxy) is 1. The van der Waals surface area contributed by atoms with Crippen molar-refractivity contribution in [2.45, 2.75) is 0 Å². The molecule has 0 saturated heterocycles. The smallest absolute Gasteiger partial charge is 0.259 e. The largest absolute Gasteiger partial charge is 0.454 e. The zero-order chi connectivity index (χ0) is 16.2. The second-order valence-corrected chi connectivity index (χ2v) is 4.56. The number of hydrogen-bond donors (Lipinski definition) is 2. The number of rotatable bonds is 2. The van der Waals surface area contributed by atoms with E-state index >= 15 is 0 Å². The van der Waals surface area contributed by atoms with Gasteiger partial charge in [-0.1, -0.05) is 12.1 Å². The average molecular weight is 303 g/mol. The van der Waals surface area contributed by atoms with Crippen LogP contribution in [0.3, 0.4) is 0 Å². The second-order valence-electron chi connectivity index (χ2n) is 4.56. The molecule has 2 aromatic carbocycles. The van der Waals surface area contributed by atoms with Gasteiger partial charge in [-0.3, -0.25) is 10.2 Å². The van der Waals surface area contributed by atoms with Gasteiger partial charge in [0, 0.05) is 0 Å². The van der Waals surface area contributed by atoms with Crippen molar-refractivity contribution >= 4 is 23.0 Å². The van der Waals surface area contributed by atoms with E-state index in [2.05, 4.69) is 15.8 Å². The third-order valence-electron chi connectivity index (χ3n) is 3.09. The monoisotopic (exact) mass is 303 g/mol. The lowest BCUT2D eigenvalue weighted by Gasteiger charge is -2.08. The number of amides is 1. The van der Waals surface area contributed by atoms with Crippen LogP contribution in [0.1, 0.15) is 10.4 Å². The number of nitrogens with zero attached hydrogens (tertiary/aromatic N) is 3. The highest BCUT2D eigenvalue weighted by atomic mass is 16.5. The van der Waals surface area contributed by atoms with Gasteiger partial charge >= 0.3 is 0 Å². The first-order valence-electron chi connectivity index (χ1n) is 6.57. The molecule has 2 N–H and O–H groups in total. The molecule has 0 unspecified atom stereocenters. The van der Waals surface area contributed by atoms with Gasteiger partial charge in [-0.05, 0) is 30.3 Å². The van der Waals surface area contributed by atoms with Crippen LogP contribution in [0.2, 0.25) is 0 Å². The van der Waals surface area contributed by atoms with Crippen molar-refractivity contribution in [3.05, 3.63) is 48.0 Å². The Kier molecular flexibility index (Phi) is 3.61. The highest BCUT2D eigenvalue weighted by Crippen LogP contribution is 2.36. The number of anilines is 2. The third kappa shape index (κ3) is 2.80. The van der Waals surface area contributed by atoms with Gasteiger partial charge in [0.25, 0.3) is 5.91 Å². The predicted molar refractivity (Wildman–Crippen MR) is 83.2 cm³/mol. The number of nitrogens with one attached hydrogen (secondary N) is 2. The average Bonchev–Trinajstić information content (AvgIpc) is 2.71. The van der Waals surface area contributed by atoms with Gasteiger partial charge in [-0.25, -0.2) is 0 Å². The van der Waals surface area contributed by atoms with E-state index in [0.717, 1.165) is 0 Å². The maximum Gasteiger partial charge on any atom is 0.259 e. The summed E-state index contributed by atoms with van der Waals surface area (Å²) < 4.78 is 5.74. The van der Waals surface area contributed by atoms with Gasteiger partial charge in [-0.15, -0.1) is 0 Å². The molecule has 1 amide bonds. The highest BCUT2D eigenvalue weighted by molar-refractivity contribution is 6.10. The summed E-state index contributed by atoms with van der Waals surface area (Å²) in [6, 6.07) is 15.2. The molecule has 0 bridgehead atoms. The molecule has 0 aliphatic carbocycles. The molecule has 1 aliphatic heterocycles. The summed E-state index contributed by atoms with van der Waals surface area (Å²) in [5.74, 6) is 0.635. The Morgan fingerprint density at radius 3 is 2.70 bits per heavy atom. The maximum absolute atomic E-state index is 12.3. The van der Waals surface area contributed by atoms with Crippen LogP contribution in [-0.2, 0) is 0 Å². The number of hydrazone groups is 1. The van der Waals surface area contributed by atoms with E-state index in [0.29, 0.717) is 28.4 Å². The quantitative estimate of drug-likeness (QED) is 0.654. The minimum atomic E-state index is -0.321. The zero-order valence-corrected chi connectivity index (χ0v) is 11.7. The lowest BCUT2D eigenvalue weighted by molar-refractivity contribution is 0.102. The molecule has 3 rings (SSSR count). The number of hydrogen-bond acceptors (Lipinski definition) is 6. The standard InChI is InChI=1S/C16H9N5O2/c17-8-11(9-18)21-20-10-5-6-14-12(7-10)16(22)19-13-3-1-2-4-15(13)23-14/h1-7,20H,(H,19,22). The van der Waals surface area contributed by atoms with Crippen molar-refractivity contribution in [1.29, 1.82) is 10.5 Å². The van der Waals surface area contributed by atoms with Crippen molar-refractivity contribution in [2.75, 3.05) is 10.7 Å². The van der Waals surface area contributed by atoms with E-state index < -0.39 is 0 Å². The van der Waals surface area contributed by atoms with Crippen LogP contribution in [0.4, 0.5) is 11.4 Å². The van der Waals surface area contributed by atoms with E-state index in [-0.39, 0.29) is 11.6 Å². The second kappa shape index (κ2) is 5.88. The molecule has 7 heteroatoms. The lowest BCUT2D eigenvalue weighted by Crippen LogP contribution is -2.10. The number of carbonyl (C=O) groups excluding carboxylic acids is 1. The summed E-state index contributed by atoms with van der Waals surface area (Å²) >= 11 is 0. The van der Waals surface area contributed by atoms with E-state index in [1.165, 1.54) is 6.07 Å². The number of para-hydroxylation sites is 2. The van der Waals surface area contributed by atoms with Crippen LogP contribution in [0.25, 0.3) is 0 Å². The fraction of sp³-hybridized carbons (Fsp3) is 0. The predicted octanol–water partition coefficient (Wildman–Crippen LogP) is 2.86. The van der Waals surface area contributed by atoms with Crippen molar-refractivity contribution in [2.24, 2.45) is 5.10 Å². The van der Waals surface area contributed by atoms with E-state index in [1.54, 1.807) is 42.5 Å². The summed E-state index contributed by atoms with van der Waals surface area (Å²) in [5, 5.41) is 23.7. The van der Waals surface area contributed by atoms with Crippen LogP contribution in [0, 0.1) is 22.7 Å². The first kappa shape index (κ1) is 14.1. The number of benzene rings is 2. The fourth-order valence-corrected chi connectivity index (χ4v) is 2.03. The molecule has 1 heterocycles. The molecule has 1 aliphatic rings. The summed E-state index contributed by atoms with van der Waals surface area (Å²) in [5.41, 5.74) is 3.61. The summed E-state index contributed by atoms with van der Waals surface area (Å²) in [6.45, 7) is 0. The Bertz CT molecular complexity index is 889. The van der Waals surface area contributed by atoms with Crippen molar-refractivity contribution in [1.82, 2.24) is 0 Å². The molecule has 0 fully saturated rings. The third-order valence-corrected chi connectivity index (χ3v) is 3.09. The topological polar surface area (TPSA) is 110 Å². The van der Waals surface area contributed by atoms with Crippen LogP contribution in [-0.4, -0.2) is 11.6 Å². The van der Waals surface area contributed by atoms with Gasteiger partial charge in [0.15, 0.2) is 5.75 Å². The molecule has 110 valence electrons. The molecule has 0 radical (unpaired) electrons. The lowest BCUT2D eigenvalue weighted by atomic mass is 10.1. The van der Waals surface area contributed by atoms with Crippen LogP contribution in [0.15, 0.2) is 47.6 Å². The number of fused-ring (bicyclic) bond motifs is 2. The number of carbonyl (C=O) groups is 1. The maximum atomic E-state index is 12.3. The molecule has 2 aromatic rings. The SMILES string of the molecule is N#CC(C#N)=NNc1ccc2c(c1)C(=O)Nc1ccccc1O2. The molecule has 0 saturated carbocycles. The van der Waals surface area contributed by atoms with Gasteiger partial charge in [0.05, 0.1) is 16.9 Å². The Morgan fingerprint density at radius 1 is 1.13 bits per heavy atom. The molecule has 7 nitrogen and oxygen atoms in total. The number of nitriles is 2. The van der Waals surface area contributed by atoms with Gasteiger partial charge < -0.3 is 10.1 Å². The van der Waals surface area contributed by atoms with E-state index in [1.807, 2.05) is 6.07 Å². The summed E-state index contributed by atoms with van der Waals surface area (Å²) in [4.78, 5) is 12.3. The Balaban J connectivity index is 1.94. The molecule has 0 aromatic heterocycles. The zero-order valence-electron chi connectivity index (χ0n) is 11.7. The van der Waals surface area contributed by atoms with Crippen molar-refractivity contribution in [3.63, 3.8) is 0 Å². The Hall–Kier alpha value is -3.84. The van der Waals surface area contributed by atoms with Crippen LogP contribution >= 0.6 is 0 Å².